The van der Waals surface area contributed by atoms with Crippen LogP contribution in [0.2, 0.25) is 5.02 Å². The molecule has 1 aliphatic heterocycles. The third kappa shape index (κ3) is 2.84. The van der Waals surface area contributed by atoms with Crippen LogP contribution in [0.15, 0.2) is 18.2 Å². The van der Waals surface area contributed by atoms with Crippen LogP contribution >= 0.6 is 23.4 Å². The maximum atomic E-state index is 10.7. The first-order chi connectivity index (χ1) is 8.08. The molecule has 2 atom stereocenters. The van der Waals surface area contributed by atoms with Gasteiger partial charge in [0.25, 0.3) is 5.69 Å². The lowest BCUT2D eigenvalue weighted by Crippen LogP contribution is -2.24. The molecule has 1 aliphatic rings. The second kappa shape index (κ2) is 5.14. The highest BCUT2D eigenvalue weighted by Crippen LogP contribution is 2.32. The molecule has 1 heterocycles. The Morgan fingerprint density at radius 2 is 2.35 bits per heavy atom. The molecule has 0 aliphatic carbocycles. The third-order valence-corrected chi connectivity index (χ3v) is 4.53. The summed E-state index contributed by atoms with van der Waals surface area (Å²) in [5.41, 5.74) is 0.718. The Balaban J connectivity index is 2.19. The van der Waals surface area contributed by atoms with Gasteiger partial charge in [0.15, 0.2) is 0 Å². The molecule has 1 saturated heterocycles. The maximum Gasteiger partial charge on any atom is 0.271 e. The molecule has 17 heavy (non-hydrogen) atoms. The van der Waals surface area contributed by atoms with Gasteiger partial charge in [-0.3, -0.25) is 10.1 Å². The normalized spacial score (nSPS) is 23.6. The highest BCUT2D eigenvalue weighted by Gasteiger charge is 2.24. The number of nitro groups is 1. The summed E-state index contributed by atoms with van der Waals surface area (Å²) in [4.78, 5) is 10.3. The maximum absolute atomic E-state index is 10.7. The molecule has 1 aromatic carbocycles. The summed E-state index contributed by atoms with van der Waals surface area (Å²) in [6, 6.07) is 4.81. The number of hydrogen-bond donors (Lipinski definition) is 1. The van der Waals surface area contributed by atoms with Crippen molar-refractivity contribution in [2.75, 3.05) is 11.1 Å². The second-order valence-electron chi connectivity index (χ2n) is 4.04. The zero-order valence-electron chi connectivity index (χ0n) is 9.35. The Bertz CT molecular complexity index is 441. The predicted octanol–water partition coefficient (Wildman–Crippen LogP) is 3.55. The van der Waals surface area contributed by atoms with Crippen LogP contribution in [0.3, 0.4) is 0 Å². The minimum atomic E-state index is -0.408. The molecule has 0 amide bonds. The van der Waals surface area contributed by atoms with Gasteiger partial charge < -0.3 is 5.32 Å². The van der Waals surface area contributed by atoms with Crippen molar-refractivity contribution in [3.63, 3.8) is 0 Å². The number of anilines is 1. The summed E-state index contributed by atoms with van der Waals surface area (Å²) < 4.78 is 0. The van der Waals surface area contributed by atoms with E-state index in [1.165, 1.54) is 12.1 Å². The van der Waals surface area contributed by atoms with E-state index in [4.69, 9.17) is 11.6 Å². The summed E-state index contributed by atoms with van der Waals surface area (Å²) >= 11 is 7.94. The van der Waals surface area contributed by atoms with Crippen LogP contribution in [-0.2, 0) is 0 Å². The first kappa shape index (κ1) is 12.5. The second-order valence-corrected chi connectivity index (χ2v) is 5.93. The van der Waals surface area contributed by atoms with Gasteiger partial charge in [0.2, 0.25) is 0 Å². The van der Waals surface area contributed by atoms with Crippen molar-refractivity contribution in [3.05, 3.63) is 33.3 Å². The van der Waals surface area contributed by atoms with Gasteiger partial charge in [0, 0.05) is 23.4 Å². The average Bonchev–Trinajstić information content (AvgIpc) is 2.67. The lowest BCUT2D eigenvalue weighted by atomic mass is 10.1. The molecule has 1 fully saturated rings. The highest BCUT2D eigenvalue weighted by atomic mass is 35.5. The molecule has 1 aromatic rings. The van der Waals surface area contributed by atoms with Crippen molar-refractivity contribution in [3.8, 4) is 0 Å². The van der Waals surface area contributed by atoms with Gasteiger partial charge in [-0.25, -0.2) is 0 Å². The Labute approximate surface area is 109 Å². The Morgan fingerprint density at radius 1 is 1.59 bits per heavy atom. The number of thioether (sulfide) groups is 1. The smallest absolute Gasteiger partial charge is 0.271 e. The van der Waals surface area contributed by atoms with E-state index in [0.717, 1.165) is 12.2 Å². The summed E-state index contributed by atoms with van der Waals surface area (Å²) in [6.07, 6.45) is 1.06. The Hall–Kier alpha value is -0.940. The lowest BCUT2D eigenvalue weighted by molar-refractivity contribution is -0.384. The Kier molecular flexibility index (Phi) is 3.79. The molecule has 2 unspecified atom stereocenters. The zero-order valence-corrected chi connectivity index (χ0v) is 10.9. The monoisotopic (exact) mass is 272 g/mol. The average molecular weight is 273 g/mol. The van der Waals surface area contributed by atoms with Gasteiger partial charge >= 0.3 is 0 Å². The van der Waals surface area contributed by atoms with Crippen LogP contribution in [0, 0.1) is 10.1 Å². The number of nitrogens with zero attached hydrogens (tertiary/aromatic N) is 1. The number of nitro benzene ring substituents is 1. The summed E-state index contributed by atoms with van der Waals surface area (Å²) in [5.74, 6) is 1.12. The fourth-order valence-corrected chi connectivity index (χ4v) is 3.23. The molecule has 1 N–H and O–H groups in total. The van der Waals surface area contributed by atoms with Crippen molar-refractivity contribution in [1.82, 2.24) is 0 Å². The molecule has 4 nitrogen and oxygen atoms in total. The fourth-order valence-electron chi connectivity index (χ4n) is 1.86. The number of nitrogens with one attached hydrogen (secondary N) is 1. The van der Waals surface area contributed by atoms with Crippen LogP contribution < -0.4 is 5.32 Å². The summed E-state index contributed by atoms with van der Waals surface area (Å²) in [5, 5.41) is 15.0. The number of benzene rings is 1. The van der Waals surface area contributed by atoms with Crippen LogP contribution in [0.5, 0.6) is 0 Å². The molecule has 2 rings (SSSR count). The predicted molar refractivity (Wildman–Crippen MR) is 72.1 cm³/mol. The topological polar surface area (TPSA) is 55.2 Å². The molecular formula is C11H13ClN2O2S. The SMILES string of the molecule is CC1SCCC1Nc1cc([N+](=O)[O-])ccc1Cl. The van der Waals surface area contributed by atoms with Crippen molar-refractivity contribution in [1.29, 1.82) is 0 Å². The number of non-ortho nitro benzene ring substituents is 1. The minimum absolute atomic E-state index is 0.0650. The van der Waals surface area contributed by atoms with Gasteiger partial charge in [-0.1, -0.05) is 18.5 Å². The van der Waals surface area contributed by atoms with E-state index in [1.54, 1.807) is 6.07 Å². The third-order valence-electron chi connectivity index (χ3n) is 2.88. The van der Waals surface area contributed by atoms with Crippen molar-refractivity contribution in [2.45, 2.75) is 24.6 Å². The van der Waals surface area contributed by atoms with Gasteiger partial charge in [-0.05, 0) is 18.2 Å². The summed E-state index contributed by atoms with van der Waals surface area (Å²) in [6.45, 7) is 2.15. The molecule has 0 saturated carbocycles. The van der Waals surface area contributed by atoms with E-state index < -0.39 is 4.92 Å². The molecule has 0 radical (unpaired) electrons. The number of halogens is 1. The molecule has 0 bridgehead atoms. The van der Waals surface area contributed by atoms with E-state index in [-0.39, 0.29) is 5.69 Å². The molecule has 0 aromatic heterocycles. The van der Waals surface area contributed by atoms with E-state index in [0.29, 0.717) is 22.0 Å². The van der Waals surface area contributed by atoms with Crippen LogP contribution in [-0.4, -0.2) is 22.0 Å². The van der Waals surface area contributed by atoms with Crippen LogP contribution in [0.4, 0.5) is 11.4 Å². The van der Waals surface area contributed by atoms with E-state index in [2.05, 4.69) is 12.2 Å². The van der Waals surface area contributed by atoms with Crippen LogP contribution in [0.25, 0.3) is 0 Å². The zero-order chi connectivity index (χ0) is 12.4. The standard InChI is InChI=1S/C11H13ClN2O2S/c1-7-10(4-5-17-7)13-11-6-8(14(15)16)2-3-9(11)12/h2-3,6-7,10,13H,4-5H2,1H3. The van der Waals surface area contributed by atoms with Crippen molar-refractivity contribution >= 4 is 34.7 Å². The van der Waals surface area contributed by atoms with E-state index in [9.17, 15) is 10.1 Å². The fraction of sp³-hybridized carbons (Fsp3) is 0.455. The van der Waals surface area contributed by atoms with Gasteiger partial charge in [0.05, 0.1) is 15.6 Å². The highest BCUT2D eigenvalue weighted by molar-refractivity contribution is 8.00. The first-order valence-electron chi connectivity index (χ1n) is 5.40. The molecular weight excluding hydrogens is 260 g/mol. The van der Waals surface area contributed by atoms with E-state index >= 15 is 0 Å². The number of hydrogen-bond acceptors (Lipinski definition) is 4. The van der Waals surface area contributed by atoms with Crippen LogP contribution in [0.1, 0.15) is 13.3 Å². The lowest BCUT2D eigenvalue weighted by Gasteiger charge is -2.18. The minimum Gasteiger partial charge on any atom is -0.380 e. The first-order valence-corrected chi connectivity index (χ1v) is 6.82. The van der Waals surface area contributed by atoms with Crippen molar-refractivity contribution in [2.24, 2.45) is 0 Å². The largest absolute Gasteiger partial charge is 0.380 e. The Morgan fingerprint density at radius 3 is 2.94 bits per heavy atom. The molecule has 92 valence electrons. The summed E-state index contributed by atoms with van der Waals surface area (Å²) in [7, 11) is 0. The van der Waals surface area contributed by atoms with Gasteiger partial charge in [-0.15, -0.1) is 0 Å². The molecule has 0 spiro atoms. The van der Waals surface area contributed by atoms with Crippen molar-refractivity contribution < 1.29 is 4.92 Å². The van der Waals surface area contributed by atoms with Gasteiger partial charge in [-0.2, -0.15) is 11.8 Å². The quantitative estimate of drug-likeness (QED) is 0.675. The van der Waals surface area contributed by atoms with Gasteiger partial charge in [0.1, 0.15) is 0 Å². The molecule has 6 heteroatoms. The number of rotatable bonds is 3. The van der Waals surface area contributed by atoms with E-state index in [1.807, 2.05) is 11.8 Å².